The van der Waals surface area contributed by atoms with Crippen LogP contribution in [0, 0.1) is 0 Å². The molecule has 8 nitrogen and oxygen atoms in total. The first kappa shape index (κ1) is 16.7. The van der Waals surface area contributed by atoms with Gasteiger partial charge in [0.25, 0.3) is 5.56 Å². The van der Waals surface area contributed by atoms with Crippen LogP contribution in [0.3, 0.4) is 0 Å². The molecule has 1 fully saturated rings. The zero-order valence-electron chi connectivity index (χ0n) is 11.8. The van der Waals surface area contributed by atoms with E-state index in [2.05, 4.69) is 26.2 Å². The molecule has 2 rings (SSSR count). The minimum absolute atomic E-state index is 0.152. The summed E-state index contributed by atoms with van der Waals surface area (Å²) in [6.07, 6.45) is 0.925. The summed E-state index contributed by atoms with van der Waals surface area (Å²) in [5, 5.41) is 12.5. The maximum atomic E-state index is 11.9. The van der Waals surface area contributed by atoms with Crippen molar-refractivity contribution >= 4 is 27.9 Å². The molecular formula is C13H16BrN3O5. The zero-order chi connectivity index (χ0) is 16.3. The number of hydrogen-bond donors (Lipinski definition) is 3. The number of aromatic amines is 1. The number of ether oxygens (including phenoxy) is 1. The molecule has 0 aromatic carbocycles. The number of aromatic nitrogens is 2. The van der Waals surface area contributed by atoms with Crippen molar-refractivity contribution in [3.05, 3.63) is 37.6 Å². The van der Waals surface area contributed by atoms with Crippen LogP contribution in [0.5, 0.6) is 0 Å². The number of carbonyl (C=O) groups is 1. The number of hydrogen-bond acceptors (Lipinski definition) is 5. The van der Waals surface area contributed by atoms with Crippen molar-refractivity contribution in [1.29, 1.82) is 0 Å². The fraction of sp³-hybridized carbons (Fsp3) is 0.462. The van der Waals surface area contributed by atoms with Gasteiger partial charge in [-0.05, 0) is 11.1 Å². The minimum Gasteiger partial charge on any atom is -0.390 e. The van der Waals surface area contributed by atoms with E-state index in [0.717, 1.165) is 0 Å². The zero-order valence-corrected chi connectivity index (χ0v) is 13.4. The number of rotatable bonds is 4. The highest BCUT2D eigenvalue weighted by atomic mass is 79.9. The normalized spacial score (nSPS) is 24.8. The van der Waals surface area contributed by atoms with Gasteiger partial charge in [0.15, 0.2) is 0 Å². The van der Waals surface area contributed by atoms with Gasteiger partial charge in [0.1, 0.15) is 12.3 Å². The molecule has 120 valence electrons. The molecule has 22 heavy (non-hydrogen) atoms. The van der Waals surface area contributed by atoms with Crippen LogP contribution in [0.15, 0.2) is 20.8 Å². The van der Waals surface area contributed by atoms with E-state index in [4.69, 9.17) is 4.74 Å². The largest absolute Gasteiger partial charge is 0.390 e. The van der Waals surface area contributed by atoms with Gasteiger partial charge in [0.05, 0.1) is 11.7 Å². The van der Waals surface area contributed by atoms with Crippen LogP contribution in [-0.2, 0) is 9.53 Å². The van der Waals surface area contributed by atoms with Gasteiger partial charge in [-0.1, -0.05) is 15.9 Å². The van der Waals surface area contributed by atoms with Crippen LogP contribution in [0.2, 0.25) is 0 Å². The third-order valence-corrected chi connectivity index (χ3v) is 3.57. The molecule has 0 saturated carbocycles. The number of aliphatic hydroxyl groups excluding tert-OH is 1. The van der Waals surface area contributed by atoms with Gasteiger partial charge in [-0.2, -0.15) is 0 Å². The van der Waals surface area contributed by atoms with Crippen molar-refractivity contribution in [3.63, 3.8) is 0 Å². The van der Waals surface area contributed by atoms with Crippen molar-refractivity contribution in [2.24, 2.45) is 0 Å². The number of amides is 1. The van der Waals surface area contributed by atoms with Gasteiger partial charge in [-0.15, -0.1) is 0 Å². The molecule has 0 bridgehead atoms. The second-order valence-electron chi connectivity index (χ2n) is 4.91. The molecule has 2 heterocycles. The van der Waals surface area contributed by atoms with Crippen LogP contribution in [-0.4, -0.2) is 39.3 Å². The van der Waals surface area contributed by atoms with Gasteiger partial charge >= 0.3 is 5.69 Å². The molecule has 0 radical (unpaired) electrons. The first-order valence-electron chi connectivity index (χ1n) is 6.62. The summed E-state index contributed by atoms with van der Waals surface area (Å²) < 4.78 is 6.83. The van der Waals surface area contributed by atoms with Crippen molar-refractivity contribution in [2.75, 3.05) is 6.54 Å². The van der Waals surface area contributed by atoms with Crippen LogP contribution in [0.25, 0.3) is 6.08 Å². The molecule has 0 spiro atoms. The van der Waals surface area contributed by atoms with E-state index in [9.17, 15) is 19.5 Å². The Morgan fingerprint density at radius 1 is 1.64 bits per heavy atom. The molecule has 3 atom stereocenters. The summed E-state index contributed by atoms with van der Waals surface area (Å²) in [5.74, 6) is -0.231. The number of aliphatic hydroxyl groups is 1. The summed E-state index contributed by atoms with van der Waals surface area (Å²) in [6.45, 7) is 1.52. The van der Waals surface area contributed by atoms with E-state index in [1.54, 1.807) is 0 Å². The second-order valence-corrected chi connectivity index (χ2v) is 5.44. The average Bonchev–Trinajstić information content (AvgIpc) is 2.80. The van der Waals surface area contributed by atoms with Gasteiger partial charge in [-0.25, -0.2) is 4.79 Å². The van der Waals surface area contributed by atoms with Crippen molar-refractivity contribution in [2.45, 2.75) is 31.8 Å². The summed E-state index contributed by atoms with van der Waals surface area (Å²) in [4.78, 5) is 38.1. The van der Waals surface area contributed by atoms with Crippen LogP contribution >= 0.6 is 15.9 Å². The molecule has 0 aliphatic carbocycles. The number of nitrogens with one attached hydrogen (secondary N) is 2. The predicted octanol–water partition coefficient (Wildman–Crippen LogP) is -0.313. The Labute approximate surface area is 133 Å². The van der Waals surface area contributed by atoms with Gasteiger partial charge in [0.2, 0.25) is 5.91 Å². The highest BCUT2D eigenvalue weighted by Gasteiger charge is 2.35. The van der Waals surface area contributed by atoms with Crippen molar-refractivity contribution < 1.29 is 14.6 Å². The summed E-state index contributed by atoms with van der Waals surface area (Å²) in [5.41, 5.74) is -0.848. The molecule has 3 N–H and O–H groups in total. The molecule has 1 aromatic rings. The molecule has 1 amide bonds. The Hall–Kier alpha value is -1.71. The molecule has 9 heteroatoms. The SMILES string of the molecule is CC(=O)NC[C@H]1O[C@@H](n2cc(C=CBr)c(=O)[nH]c2=O)C[C@@H]1O. The predicted molar refractivity (Wildman–Crippen MR) is 82.5 cm³/mol. The standard InChI is InChI=1S/C13H16BrN3O5/c1-7(18)15-5-10-9(19)4-11(22-10)17-6-8(2-3-14)12(20)16-13(17)21/h2-3,6,9-11,19H,4-5H2,1H3,(H,15,18)(H,16,20,21)/t9-,10+,11+/m0/s1. The lowest BCUT2D eigenvalue weighted by Gasteiger charge is -2.16. The van der Waals surface area contributed by atoms with Gasteiger partial charge < -0.3 is 15.2 Å². The Kier molecular flexibility index (Phi) is 5.33. The topological polar surface area (TPSA) is 113 Å². The van der Waals surface area contributed by atoms with E-state index in [1.807, 2.05) is 0 Å². The van der Waals surface area contributed by atoms with E-state index in [1.165, 1.54) is 28.7 Å². The number of H-pyrrole nitrogens is 1. The summed E-state index contributed by atoms with van der Waals surface area (Å²) >= 11 is 3.07. The maximum absolute atomic E-state index is 11.9. The number of nitrogens with zero attached hydrogens (tertiary/aromatic N) is 1. The molecule has 1 aliphatic heterocycles. The number of halogens is 1. The van der Waals surface area contributed by atoms with Gasteiger partial charge in [-0.3, -0.25) is 19.1 Å². The lowest BCUT2D eigenvalue weighted by molar-refractivity contribution is -0.120. The summed E-state index contributed by atoms with van der Waals surface area (Å²) in [6, 6.07) is 0. The number of carbonyl (C=O) groups excluding carboxylic acids is 1. The molecule has 0 unspecified atom stereocenters. The minimum atomic E-state index is -0.814. The monoisotopic (exact) mass is 373 g/mol. The quantitative estimate of drug-likeness (QED) is 0.669. The van der Waals surface area contributed by atoms with Gasteiger partial charge in [0, 0.05) is 26.1 Å². The second kappa shape index (κ2) is 7.03. The fourth-order valence-electron chi connectivity index (χ4n) is 2.22. The fourth-order valence-corrected chi connectivity index (χ4v) is 2.50. The Morgan fingerprint density at radius 3 is 3.00 bits per heavy atom. The van der Waals surface area contributed by atoms with Crippen LogP contribution < -0.4 is 16.6 Å². The first-order valence-corrected chi connectivity index (χ1v) is 7.54. The molecule has 1 saturated heterocycles. The molecule has 1 aliphatic rings. The lowest BCUT2D eigenvalue weighted by atomic mass is 10.2. The van der Waals surface area contributed by atoms with Crippen molar-refractivity contribution in [3.8, 4) is 0 Å². The van der Waals surface area contributed by atoms with E-state index < -0.39 is 29.7 Å². The van der Waals surface area contributed by atoms with E-state index in [-0.39, 0.29) is 24.4 Å². The third-order valence-electron chi connectivity index (χ3n) is 3.30. The maximum Gasteiger partial charge on any atom is 0.330 e. The summed E-state index contributed by atoms with van der Waals surface area (Å²) in [7, 11) is 0. The van der Waals surface area contributed by atoms with E-state index >= 15 is 0 Å². The van der Waals surface area contributed by atoms with Crippen molar-refractivity contribution in [1.82, 2.24) is 14.9 Å². The lowest BCUT2D eigenvalue weighted by Crippen LogP contribution is -2.36. The highest BCUT2D eigenvalue weighted by molar-refractivity contribution is 9.11. The molecular weight excluding hydrogens is 358 g/mol. The van der Waals surface area contributed by atoms with E-state index in [0.29, 0.717) is 0 Å². The van der Waals surface area contributed by atoms with Crippen LogP contribution in [0.1, 0.15) is 25.1 Å². The van der Waals surface area contributed by atoms with Crippen LogP contribution in [0.4, 0.5) is 0 Å². The Balaban J connectivity index is 2.22. The first-order chi connectivity index (χ1) is 10.4. The molecule has 1 aromatic heterocycles. The smallest absolute Gasteiger partial charge is 0.330 e. The Morgan fingerprint density at radius 2 is 2.36 bits per heavy atom. The average molecular weight is 374 g/mol. The highest BCUT2D eigenvalue weighted by Crippen LogP contribution is 2.27. The third kappa shape index (κ3) is 3.73. The Bertz CT molecular complexity index is 696.